The van der Waals surface area contributed by atoms with Gasteiger partial charge in [0, 0.05) is 0 Å². The predicted molar refractivity (Wildman–Crippen MR) is 58.0 cm³/mol. The highest BCUT2D eigenvalue weighted by molar-refractivity contribution is 5.75. The molecule has 0 aliphatic carbocycles. The van der Waals surface area contributed by atoms with Crippen molar-refractivity contribution in [3.05, 3.63) is 48.6 Å². The summed E-state index contributed by atoms with van der Waals surface area (Å²) in [5.74, 6) is 0. The minimum absolute atomic E-state index is 0. The first kappa shape index (κ1) is 9.92. The Morgan fingerprint density at radius 1 is 0.818 bits per heavy atom. The van der Waals surface area contributed by atoms with Gasteiger partial charge in [-0.05, 0) is 22.1 Å². The number of rotatable bonds is 2. The molecule has 0 unspecified atom stereocenters. The fraction of sp³-hybridized carbons (Fsp3) is 0. The van der Waals surface area contributed by atoms with E-state index in [2.05, 4.69) is 13.2 Å². The van der Waals surface area contributed by atoms with Crippen molar-refractivity contribution in [2.45, 2.75) is 0 Å². The molecule has 0 aliphatic rings. The average Bonchev–Trinajstić information content (AvgIpc) is 2.05. The van der Waals surface area contributed by atoms with E-state index >= 15 is 0 Å². The lowest BCUT2D eigenvalue weighted by atomic mass is 10.1. The molecule has 0 aromatic heterocycles. The van der Waals surface area contributed by atoms with Crippen LogP contribution in [-0.2, 0) is 0 Å². The Bertz CT molecular complexity index is 207. The van der Waals surface area contributed by atoms with E-state index in [0.717, 1.165) is 11.1 Å². The van der Waals surface area contributed by atoms with Crippen molar-refractivity contribution in [2.75, 3.05) is 0 Å². The van der Waals surface area contributed by atoms with E-state index in [9.17, 15) is 0 Å². The van der Waals surface area contributed by atoms with Gasteiger partial charge in [0.25, 0.3) is 0 Å². The van der Waals surface area contributed by atoms with Gasteiger partial charge in [0.05, 0.1) is 0 Å². The van der Waals surface area contributed by atoms with Gasteiger partial charge in [-0.3, -0.25) is 0 Å². The molecule has 0 radical (unpaired) electrons. The molecule has 0 fully saturated rings. The third kappa shape index (κ3) is 2.56. The first-order chi connectivity index (χ1) is 4.86. The summed E-state index contributed by atoms with van der Waals surface area (Å²) in [5.41, 5.74) is 2.29. The minimum atomic E-state index is 0. The normalized spacial score (nSPS) is 8.00. The van der Waals surface area contributed by atoms with Gasteiger partial charge in [-0.1, -0.05) is 49.6 Å². The summed E-state index contributed by atoms with van der Waals surface area (Å²) in [6.07, 6.45) is 3.65. The Hall–Kier alpha value is -1.08. The molecule has 0 aliphatic heterocycles. The van der Waals surface area contributed by atoms with Gasteiger partial charge >= 0.3 is 0 Å². The average molecular weight is 162 g/mol. The molecule has 0 atom stereocenters. The van der Waals surface area contributed by atoms with Gasteiger partial charge in [-0.15, -0.1) is 0 Å². The van der Waals surface area contributed by atoms with Crippen molar-refractivity contribution in [3.8, 4) is 0 Å². The summed E-state index contributed by atoms with van der Waals surface area (Å²) >= 11 is 0. The Balaban J connectivity index is 0.000001000. The fourth-order valence-corrected chi connectivity index (χ4v) is 0.768. The van der Waals surface area contributed by atoms with Crippen LogP contribution in [0.15, 0.2) is 37.4 Å². The number of benzene rings is 1. The molecular weight excluding hydrogens is 148 g/mol. The van der Waals surface area contributed by atoms with Crippen LogP contribution in [-0.4, -0.2) is 11.0 Å². The van der Waals surface area contributed by atoms with Crippen molar-refractivity contribution in [1.82, 2.24) is 0 Å². The van der Waals surface area contributed by atoms with E-state index in [1.165, 1.54) is 0 Å². The van der Waals surface area contributed by atoms with E-state index in [1.807, 2.05) is 36.4 Å². The Labute approximate surface area is 72.3 Å². The van der Waals surface area contributed by atoms with Crippen molar-refractivity contribution in [3.63, 3.8) is 0 Å². The molecule has 1 aromatic rings. The molecular formula is C10H14Si. The molecule has 0 amide bonds. The molecule has 0 saturated heterocycles. The monoisotopic (exact) mass is 162 g/mol. The van der Waals surface area contributed by atoms with Crippen molar-refractivity contribution in [1.29, 1.82) is 0 Å². The van der Waals surface area contributed by atoms with Gasteiger partial charge in [0.1, 0.15) is 0 Å². The topological polar surface area (TPSA) is 0 Å². The highest BCUT2D eigenvalue weighted by Crippen LogP contribution is 2.05. The quantitative estimate of drug-likeness (QED) is 0.578. The maximum Gasteiger partial charge on any atom is -0.0149 e. The molecule has 0 bridgehead atoms. The lowest BCUT2D eigenvalue weighted by Gasteiger charge is -1.92. The third-order valence-electron chi connectivity index (χ3n) is 1.41. The third-order valence-corrected chi connectivity index (χ3v) is 1.41. The predicted octanol–water partition coefficient (Wildman–Crippen LogP) is 1.52. The molecule has 0 saturated carbocycles. The van der Waals surface area contributed by atoms with E-state index in [4.69, 9.17) is 0 Å². The lowest BCUT2D eigenvalue weighted by Crippen LogP contribution is -1.71. The second-order valence-electron chi connectivity index (χ2n) is 2.07. The van der Waals surface area contributed by atoms with Gasteiger partial charge in [-0.2, -0.15) is 0 Å². The number of hydrogen-bond donors (Lipinski definition) is 0. The highest BCUT2D eigenvalue weighted by Gasteiger charge is 1.84. The Morgan fingerprint density at radius 3 is 1.27 bits per heavy atom. The zero-order valence-corrected chi connectivity index (χ0v) is 5.88. The molecule has 0 N–H and O–H groups in total. The summed E-state index contributed by atoms with van der Waals surface area (Å²) in [7, 11) is 0. The van der Waals surface area contributed by atoms with E-state index < -0.39 is 0 Å². The summed E-state index contributed by atoms with van der Waals surface area (Å²) in [5, 5.41) is 0. The second kappa shape index (κ2) is 4.69. The first-order valence-electron chi connectivity index (χ1n) is 3.22. The van der Waals surface area contributed by atoms with Crippen LogP contribution in [0.4, 0.5) is 0 Å². The van der Waals surface area contributed by atoms with Gasteiger partial charge in [0.2, 0.25) is 0 Å². The minimum Gasteiger partial charge on any atom is -0.0985 e. The van der Waals surface area contributed by atoms with Crippen LogP contribution >= 0.6 is 0 Å². The summed E-state index contributed by atoms with van der Waals surface area (Å²) in [4.78, 5) is 0. The van der Waals surface area contributed by atoms with Crippen LogP contribution in [0.5, 0.6) is 0 Å². The highest BCUT2D eigenvalue weighted by atomic mass is 28.1. The van der Waals surface area contributed by atoms with Crippen LogP contribution in [0.25, 0.3) is 12.2 Å². The molecule has 0 spiro atoms. The first-order valence-corrected chi connectivity index (χ1v) is 3.22. The SMILES string of the molecule is C=Cc1ccc(C=C)cc1.[SiH4]. The molecule has 1 rings (SSSR count). The van der Waals surface area contributed by atoms with E-state index in [-0.39, 0.29) is 11.0 Å². The van der Waals surface area contributed by atoms with Gasteiger partial charge in [0.15, 0.2) is 0 Å². The van der Waals surface area contributed by atoms with Crippen molar-refractivity contribution < 1.29 is 0 Å². The summed E-state index contributed by atoms with van der Waals surface area (Å²) in [6, 6.07) is 8.07. The van der Waals surface area contributed by atoms with Gasteiger partial charge < -0.3 is 0 Å². The summed E-state index contributed by atoms with van der Waals surface area (Å²) in [6.45, 7) is 7.32. The molecule has 58 valence electrons. The van der Waals surface area contributed by atoms with Crippen LogP contribution in [0.2, 0.25) is 0 Å². The largest absolute Gasteiger partial charge is 0.0985 e. The molecule has 11 heavy (non-hydrogen) atoms. The summed E-state index contributed by atoms with van der Waals surface area (Å²) < 4.78 is 0. The number of hydrogen-bond acceptors (Lipinski definition) is 0. The van der Waals surface area contributed by atoms with E-state index in [0.29, 0.717) is 0 Å². The van der Waals surface area contributed by atoms with Crippen LogP contribution in [0, 0.1) is 0 Å². The van der Waals surface area contributed by atoms with Crippen molar-refractivity contribution in [2.24, 2.45) is 0 Å². The maximum absolute atomic E-state index is 3.66. The molecule has 0 heterocycles. The van der Waals surface area contributed by atoms with Gasteiger partial charge in [-0.25, -0.2) is 0 Å². The molecule has 0 nitrogen and oxygen atoms in total. The van der Waals surface area contributed by atoms with Crippen LogP contribution in [0.1, 0.15) is 11.1 Å². The second-order valence-corrected chi connectivity index (χ2v) is 2.07. The Kier molecular flexibility index (Phi) is 4.23. The van der Waals surface area contributed by atoms with E-state index in [1.54, 1.807) is 0 Å². The standard InChI is InChI=1S/C10H10.H4Si/c1-3-9-5-7-10(4-2)8-6-9;/h3-8H,1-2H2;1H4. The van der Waals surface area contributed by atoms with Crippen LogP contribution < -0.4 is 0 Å². The van der Waals surface area contributed by atoms with Crippen LogP contribution in [0.3, 0.4) is 0 Å². The molecule has 1 aromatic carbocycles. The lowest BCUT2D eigenvalue weighted by molar-refractivity contribution is 1.63. The fourth-order valence-electron chi connectivity index (χ4n) is 0.768. The smallest absolute Gasteiger partial charge is 0.0149 e. The molecule has 1 heteroatoms. The zero-order chi connectivity index (χ0) is 7.40. The Morgan fingerprint density at radius 2 is 1.09 bits per heavy atom. The van der Waals surface area contributed by atoms with Crippen molar-refractivity contribution >= 4 is 23.1 Å². The maximum atomic E-state index is 3.66. The zero-order valence-electron chi connectivity index (χ0n) is 5.88.